The summed E-state index contributed by atoms with van der Waals surface area (Å²) in [6.45, 7) is 2.13. The summed E-state index contributed by atoms with van der Waals surface area (Å²) >= 11 is 0. The highest BCUT2D eigenvalue weighted by Gasteiger charge is 2.33. The lowest BCUT2D eigenvalue weighted by atomic mass is 9.75. The molecule has 108 valence electrons. The van der Waals surface area contributed by atoms with Gasteiger partial charge in [0.2, 0.25) is 0 Å². The Bertz CT molecular complexity index is 454. The van der Waals surface area contributed by atoms with E-state index in [0.717, 1.165) is 38.5 Å². The van der Waals surface area contributed by atoms with Crippen LogP contribution in [0.4, 0.5) is 0 Å². The minimum atomic E-state index is 0.212. The number of ether oxygens (including phenoxy) is 1. The summed E-state index contributed by atoms with van der Waals surface area (Å²) in [6.07, 6.45) is 6.67. The third-order valence-electron chi connectivity index (χ3n) is 4.90. The average molecular weight is 272 g/mol. The number of Topliss-reactive ketones (excluding diaryl/α,β-unsaturated/α-hetero) is 1. The third-order valence-corrected chi connectivity index (χ3v) is 4.90. The molecular weight excluding hydrogens is 248 g/mol. The lowest BCUT2D eigenvalue weighted by Gasteiger charge is -2.30. The van der Waals surface area contributed by atoms with Crippen LogP contribution in [0, 0.1) is 5.92 Å². The Morgan fingerprint density at radius 2 is 1.95 bits per heavy atom. The van der Waals surface area contributed by atoms with Crippen LogP contribution < -0.4 is 0 Å². The second kappa shape index (κ2) is 6.09. The molecule has 0 radical (unpaired) electrons. The predicted molar refractivity (Wildman–Crippen MR) is 79.7 cm³/mol. The van der Waals surface area contributed by atoms with Crippen molar-refractivity contribution < 1.29 is 9.53 Å². The van der Waals surface area contributed by atoms with Crippen LogP contribution in [-0.4, -0.2) is 18.0 Å². The summed E-state index contributed by atoms with van der Waals surface area (Å²) in [5, 5.41) is 0. The van der Waals surface area contributed by atoms with Crippen molar-refractivity contribution in [3.8, 4) is 0 Å². The Kier molecular flexibility index (Phi) is 4.21. The van der Waals surface area contributed by atoms with E-state index in [9.17, 15) is 4.79 Å². The highest BCUT2D eigenvalue weighted by Crippen LogP contribution is 2.38. The molecule has 1 heterocycles. The van der Waals surface area contributed by atoms with Crippen molar-refractivity contribution in [1.82, 2.24) is 0 Å². The zero-order chi connectivity index (χ0) is 13.9. The zero-order valence-electron chi connectivity index (χ0n) is 12.3. The Labute approximate surface area is 121 Å². The summed E-state index contributed by atoms with van der Waals surface area (Å²) < 4.78 is 5.90. The molecular formula is C18H24O2. The third kappa shape index (κ3) is 3.12. The average Bonchev–Trinajstić information content (AvgIpc) is 2.88. The number of rotatable bonds is 3. The molecule has 0 amide bonds. The van der Waals surface area contributed by atoms with E-state index in [1.165, 1.54) is 5.56 Å². The molecule has 2 aliphatic rings. The van der Waals surface area contributed by atoms with E-state index in [0.29, 0.717) is 23.9 Å². The molecule has 0 spiro atoms. The molecule has 1 saturated carbocycles. The van der Waals surface area contributed by atoms with Crippen LogP contribution in [0.1, 0.15) is 56.9 Å². The Morgan fingerprint density at radius 1 is 1.15 bits per heavy atom. The minimum absolute atomic E-state index is 0.212. The molecule has 1 saturated heterocycles. The van der Waals surface area contributed by atoms with Crippen LogP contribution in [0.2, 0.25) is 0 Å². The first-order valence-corrected chi connectivity index (χ1v) is 7.95. The van der Waals surface area contributed by atoms with Crippen molar-refractivity contribution in [3.63, 3.8) is 0 Å². The number of hydrogen-bond donors (Lipinski definition) is 0. The van der Waals surface area contributed by atoms with Gasteiger partial charge in [-0.05, 0) is 50.5 Å². The first-order valence-electron chi connectivity index (χ1n) is 7.95. The summed E-state index contributed by atoms with van der Waals surface area (Å²) in [5.41, 5.74) is 1.39. The van der Waals surface area contributed by atoms with Gasteiger partial charge in [0.05, 0.1) is 12.2 Å². The molecule has 1 aliphatic carbocycles. The molecule has 3 rings (SSSR count). The first-order chi connectivity index (χ1) is 9.72. The molecule has 0 bridgehead atoms. The summed E-state index contributed by atoms with van der Waals surface area (Å²) in [6, 6.07) is 10.7. The van der Waals surface area contributed by atoms with Crippen LogP contribution in [-0.2, 0) is 9.53 Å². The van der Waals surface area contributed by atoms with Gasteiger partial charge < -0.3 is 4.74 Å². The van der Waals surface area contributed by atoms with Gasteiger partial charge in [-0.2, -0.15) is 0 Å². The fourth-order valence-electron chi connectivity index (χ4n) is 3.74. The fraction of sp³-hybridized carbons (Fsp3) is 0.611. The molecule has 0 aromatic heterocycles. The molecule has 1 aliphatic heterocycles. The van der Waals surface area contributed by atoms with Crippen LogP contribution in [0.5, 0.6) is 0 Å². The second-order valence-electron chi connectivity index (χ2n) is 6.43. The van der Waals surface area contributed by atoms with Gasteiger partial charge in [0.1, 0.15) is 5.78 Å². The van der Waals surface area contributed by atoms with Crippen molar-refractivity contribution in [2.75, 3.05) is 0 Å². The molecule has 0 N–H and O–H groups in total. The van der Waals surface area contributed by atoms with Crippen molar-refractivity contribution in [1.29, 1.82) is 0 Å². The highest BCUT2D eigenvalue weighted by atomic mass is 16.5. The predicted octanol–water partition coefficient (Wildman–Crippen LogP) is 4.10. The number of hydrogen-bond acceptors (Lipinski definition) is 2. The lowest BCUT2D eigenvalue weighted by Crippen LogP contribution is -2.27. The molecule has 2 fully saturated rings. The maximum Gasteiger partial charge on any atom is 0.136 e. The monoisotopic (exact) mass is 272 g/mol. The maximum absolute atomic E-state index is 12.2. The van der Waals surface area contributed by atoms with Gasteiger partial charge >= 0.3 is 0 Å². The van der Waals surface area contributed by atoms with Crippen molar-refractivity contribution in [2.45, 2.75) is 63.6 Å². The standard InChI is InChI=1S/C18H24O2/c1-13-7-9-17(20-13)12-16-11-15(8-10-18(16)19)14-5-3-2-4-6-14/h2-6,13,15-17H,7-12H2,1H3. The van der Waals surface area contributed by atoms with E-state index in [1.807, 2.05) is 0 Å². The molecule has 4 unspecified atom stereocenters. The van der Waals surface area contributed by atoms with E-state index in [-0.39, 0.29) is 5.92 Å². The van der Waals surface area contributed by atoms with Gasteiger partial charge in [-0.3, -0.25) is 4.79 Å². The highest BCUT2D eigenvalue weighted by molar-refractivity contribution is 5.82. The van der Waals surface area contributed by atoms with Gasteiger partial charge in [-0.15, -0.1) is 0 Å². The van der Waals surface area contributed by atoms with Gasteiger partial charge in [0, 0.05) is 12.3 Å². The van der Waals surface area contributed by atoms with Gasteiger partial charge in [0.25, 0.3) is 0 Å². The molecule has 20 heavy (non-hydrogen) atoms. The molecule has 4 atom stereocenters. The largest absolute Gasteiger partial charge is 0.375 e. The van der Waals surface area contributed by atoms with Gasteiger partial charge in [-0.1, -0.05) is 30.3 Å². The minimum Gasteiger partial charge on any atom is -0.375 e. The van der Waals surface area contributed by atoms with Crippen molar-refractivity contribution >= 4 is 5.78 Å². The first kappa shape index (κ1) is 13.8. The Balaban J connectivity index is 1.63. The van der Waals surface area contributed by atoms with Gasteiger partial charge in [-0.25, -0.2) is 0 Å². The maximum atomic E-state index is 12.2. The summed E-state index contributed by atoms with van der Waals surface area (Å²) in [4.78, 5) is 12.2. The Hall–Kier alpha value is -1.15. The van der Waals surface area contributed by atoms with Crippen molar-refractivity contribution in [3.05, 3.63) is 35.9 Å². The lowest BCUT2D eigenvalue weighted by molar-refractivity contribution is -0.126. The van der Waals surface area contributed by atoms with E-state index in [2.05, 4.69) is 37.3 Å². The van der Waals surface area contributed by atoms with E-state index < -0.39 is 0 Å². The molecule has 1 aromatic rings. The zero-order valence-corrected chi connectivity index (χ0v) is 12.3. The van der Waals surface area contributed by atoms with E-state index in [1.54, 1.807) is 0 Å². The number of carbonyl (C=O) groups is 1. The second-order valence-corrected chi connectivity index (χ2v) is 6.43. The Morgan fingerprint density at radius 3 is 2.65 bits per heavy atom. The summed E-state index contributed by atoms with van der Waals surface area (Å²) in [5.74, 6) is 1.22. The fourth-order valence-corrected chi connectivity index (χ4v) is 3.74. The molecule has 1 aromatic carbocycles. The van der Waals surface area contributed by atoms with E-state index >= 15 is 0 Å². The van der Waals surface area contributed by atoms with Crippen molar-refractivity contribution in [2.24, 2.45) is 5.92 Å². The quantitative estimate of drug-likeness (QED) is 0.828. The smallest absolute Gasteiger partial charge is 0.136 e. The number of carbonyl (C=O) groups excluding carboxylic acids is 1. The number of ketones is 1. The van der Waals surface area contributed by atoms with Crippen LogP contribution >= 0.6 is 0 Å². The van der Waals surface area contributed by atoms with E-state index in [4.69, 9.17) is 4.74 Å². The van der Waals surface area contributed by atoms with Gasteiger partial charge in [0.15, 0.2) is 0 Å². The topological polar surface area (TPSA) is 26.3 Å². The van der Waals surface area contributed by atoms with Crippen LogP contribution in [0.15, 0.2) is 30.3 Å². The normalized spacial score (nSPS) is 34.4. The van der Waals surface area contributed by atoms with Crippen LogP contribution in [0.25, 0.3) is 0 Å². The summed E-state index contributed by atoms with van der Waals surface area (Å²) in [7, 11) is 0. The van der Waals surface area contributed by atoms with Crippen LogP contribution in [0.3, 0.4) is 0 Å². The molecule has 2 nitrogen and oxygen atoms in total. The SMILES string of the molecule is CC1CCC(CC2CC(c3ccccc3)CCC2=O)O1. The number of benzene rings is 1. The molecule has 2 heteroatoms.